The highest BCUT2D eigenvalue weighted by molar-refractivity contribution is 7.16. The van der Waals surface area contributed by atoms with Gasteiger partial charge < -0.3 is 10.2 Å². The lowest BCUT2D eigenvalue weighted by Gasteiger charge is -2.29. The number of aromatic carboxylic acids is 1. The molecule has 0 amide bonds. The second-order valence-corrected chi connectivity index (χ2v) is 9.68. The summed E-state index contributed by atoms with van der Waals surface area (Å²) >= 11 is 3.12. The van der Waals surface area contributed by atoms with Gasteiger partial charge in [0.15, 0.2) is 0 Å². The molecule has 0 aliphatic heterocycles. The average molecular weight is 400 g/mol. The molecule has 0 radical (unpaired) electrons. The number of carbonyl (C=O) groups is 1. The molecular formula is C21H21NO3S2. The molecule has 3 aromatic rings. The van der Waals surface area contributed by atoms with Gasteiger partial charge in [-0.1, -0.05) is 38.1 Å². The molecule has 1 aliphatic rings. The van der Waals surface area contributed by atoms with Crippen molar-refractivity contribution in [1.82, 2.24) is 4.98 Å². The number of aliphatic hydroxyl groups is 1. The van der Waals surface area contributed by atoms with Gasteiger partial charge in [-0.25, -0.2) is 9.78 Å². The second-order valence-electron chi connectivity index (χ2n) is 7.72. The number of aromatic nitrogens is 1. The Hall–Kier alpha value is -2.02. The first-order valence-corrected chi connectivity index (χ1v) is 10.6. The zero-order valence-corrected chi connectivity index (χ0v) is 16.9. The fourth-order valence-corrected chi connectivity index (χ4v) is 5.86. The zero-order chi connectivity index (χ0) is 19.2. The summed E-state index contributed by atoms with van der Waals surface area (Å²) in [5.74, 6) is -0.839. The van der Waals surface area contributed by atoms with E-state index in [2.05, 4.69) is 18.8 Å². The number of aliphatic hydroxyl groups excluding tert-OH is 1. The average Bonchev–Trinajstić information content (AvgIpc) is 3.24. The number of rotatable bonds is 4. The highest BCUT2D eigenvalue weighted by Crippen LogP contribution is 2.45. The lowest BCUT2D eigenvalue weighted by Crippen LogP contribution is -2.22. The molecule has 1 aliphatic carbocycles. The third-order valence-corrected chi connectivity index (χ3v) is 7.45. The number of aryl methyl sites for hydroxylation is 1. The van der Waals surface area contributed by atoms with Crippen molar-refractivity contribution in [3.8, 4) is 20.9 Å². The van der Waals surface area contributed by atoms with Crippen molar-refractivity contribution in [2.24, 2.45) is 5.41 Å². The van der Waals surface area contributed by atoms with E-state index in [0.29, 0.717) is 11.3 Å². The van der Waals surface area contributed by atoms with Crippen LogP contribution in [0.15, 0.2) is 29.8 Å². The Morgan fingerprint density at radius 1 is 1.19 bits per heavy atom. The monoisotopic (exact) mass is 399 g/mol. The van der Waals surface area contributed by atoms with Gasteiger partial charge in [-0.3, -0.25) is 0 Å². The van der Waals surface area contributed by atoms with E-state index in [1.54, 1.807) is 16.8 Å². The Kier molecular flexibility index (Phi) is 4.66. The molecule has 0 spiro atoms. The predicted octanol–water partition coefficient (Wildman–Crippen LogP) is 5.24. The van der Waals surface area contributed by atoms with Crippen LogP contribution in [0.4, 0.5) is 0 Å². The molecule has 27 heavy (non-hydrogen) atoms. The molecule has 2 N–H and O–H groups in total. The normalized spacial score (nSPS) is 15.5. The van der Waals surface area contributed by atoms with Crippen LogP contribution in [0.3, 0.4) is 0 Å². The lowest BCUT2D eigenvalue weighted by molar-refractivity contribution is 0.0696. The number of benzene rings is 1. The number of carboxylic acid groups (broad SMARTS) is 1. The number of nitrogens with zero attached hydrogens (tertiary/aromatic N) is 1. The molecule has 0 atom stereocenters. The van der Waals surface area contributed by atoms with Gasteiger partial charge in [-0.2, -0.15) is 0 Å². The standard InChI is InChI=1S/C21H21NO3S2/c1-21(2)8-7-16-14(9-21)17(20(24)25)19(27-16)13-5-3-12(4-6-13)18-15(10-23)22-11-26-18/h3-6,11,23H,7-10H2,1-2H3,(H,24,25). The molecule has 2 heterocycles. The molecule has 0 fully saturated rings. The van der Waals surface area contributed by atoms with E-state index >= 15 is 0 Å². The fraction of sp³-hybridized carbons (Fsp3) is 0.333. The molecule has 2 aromatic heterocycles. The van der Waals surface area contributed by atoms with Crippen LogP contribution in [0.2, 0.25) is 0 Å². The summed E-state index contributed by atoms with van der Waals surface area (Å²) in [5, 5.41) is 19.3. The maximum Gasteiger partial charge on any atom is 0.337 e. The number of fused-ring (bicyclic) bond motifs is 1. The van der Waals surface area contributed by atoms with E-state index in [0.717, 1.165) is 45.7 Å². The summed E-state index contributed by atoms with van der Waals surface area (Å²) in [5.41, 5.74) is 5.97. The van der Waals surface area contributed by atoms with Crippen molar-refractivity contribution < 1.29 is 15.0 Å². The predicted molar refractivity (Wildman–Crippen MR) is 110 cm³/mol. The fourth-order valence-electron chi connectivity index (χ4n) is 3.74. The van der Waals surface area contributed by atoms with Crippen LogP contribution < -0.4 is 0 Å². The van der Waals surface area contributed by atoms with Crippen molar-refractivity contribution in [2.45, 2.75) is 39.7 Å². The Bertz CT molecular complexity index is 999. The van der Waals surface area contributed by atoms with Crippen LogP contribution in [-0.4, -0.2) is 21.2 Å². The number of hydrogen-bond acceptors (Lipinski definition) is 5. The first-order chi connectivity index (χ1) is 12.9. The molecule has 4 nitrogen and oxygen atoms in total. The highest BCUT2D eigenvalue weighted by atomic mass is 32.1. The zero-order valence-electron chi connectivity index (χ0n) is 15.3. The smallest absolute Gasteiger partial charge is 0.337 e. The maximum atomic E-state index is 12.0. The summed E-state index contributed by atoms with van der Waals surface area (Å²) in [7, 11) is 0. The van der Waals surface area contributed by atoms with Crippen LogP contribution in [0.1, 0.15) is 46.8 Å². The summed E-state index contributed by atoms with van der Waals surface area (Å²) in [6.07, 6.45) is 2.86. The number of thiazole rings is 1. The summed E-state index contributed by atoms with van der Waals surface area (Å²) in [4.78, 5) is 19.3. The number of hydrogen-bond donors (Lipinski definition) is 2. The lowest BCUT2D eigenvalue weighted by atomic mass is 9.76. The second kappa shape index (κ2) is 6.86. The molecule has 4 rings (SSSR count). The van der Waals surface area contributed by atoms with E-state index in [4.69, 9.17) is 0 Å². The Morgan fingerprint density at radius 3 is 2.48 bits per heavy atom. The summed E-state index contributed by atoms with van der Waals surface area (Å²) in [6.45, 7) is 4.33. The van der Waals surface area contributed by atoms with Crippen LogP contribution >= 0.6 is 22.7 Å². The molecule has 6 heteroatoms. The van der Waals surface area contributed by atoms with Gasteiger partial charge in [0.25, 0.3) is 0 Å². The van der Waals surface area contributed by atoms with Gasteiger partial charge in [-0.15, -0.1) is 22.7 Å². The van der Waals surface area contributed by atoms with Gasteiger partial charge >= 0.3 is 5.97 Å². The minimum Gasteiger partial charge on any atom is -0.478 e. The van der Waals surface area contributed by atoms with Crippen molar-refractivity contribution in [3.63, 3.8) is 0 Å². The third kappa shape index (κ3) is 3.33. The van der Waals surface area contributed by atoms with Gasteiger partial charge in [0.2, 0.25) is 0 Å². The van der Waals surface area contributed by atoms with Gasteiger partial charge in [-0.05, 0) is 41.4 Å². The molecule has 0 saturated heterocycles. The van der Waals surface area contributed by atoms with Crippen LogP contribution in [0, 0.1) is 5.41 Å². The number of carboxylic acids is 1. The van der Waals surface area contributed by atoms with Crippen LogP contribution in [0.25, 0.3) is 20.9 Å². The van der Waals surface area contributed by atoms with Crippen molar-refractivity contribution in [3.05, 3.63) is 51.5 Å². The minimum absolute atomic E-state index is 0.0861. The summed E-state index contributed by atoms with van der Waals surface area (Å²) < 4.78 is 0. The quantitative estimate of drug-likeness (QED) is 0.629. The number of thiophene rings is 1. The van der Waals surface area contributed by atoms with Gasteiger partial charge in [0.05, 0.1) is 28.3 Å². The van der Waals surface area contributed by atoms with E-state index in [1.807, 2.05) is 24.3 Å². The molecule has 0 saturated carbocycles. The minimum atomic E-state index is -0.839. The molecular weight excluding hydrogens is 378 g/mol. The van der Waals surface area contributed by atoms with Crippen molar-refractivity contribution >= 4 is 28.6 Å². The van der Waals surface area contributed by atoms with E-state index < -0.39 is 5.97 Å². The Labute approximate surface area is 166 Å². The molecule has 0 bridgehead atoms. The highest BCUT2D eigenvalue weighted by Gasteiger charge is 2.32. The van der Waals surface area contributed by atoms with E-state index in [1.165, 1.54) is 16.2 Å². The van der Waals surface area contributed by atoms with Crippen molar-refractivity contribution in [2.75, 3.05) is 0 Å². The molecule has 0 unspecified atom stereocenters. The third-order valence-electron chi connectivity index (χ3n) is 5.19. The van der Waals surface area contributed by atoms with Crippen LogP contribution in [-0.2, 0) is 19.4 Å². The van der Waals surface area contributed by atoms with Gasteiger partial charge in [0.1, 0.15) is 0 Å². The first-order valence-electron chi connectivity index (χ1n) is 8.91. The molecule has 140 valence electrons. The summed E-state index contributed by atoms with van der Waals surface area (Å²) in [6, 6.07) is 7.92. The molecule has 1 aromatic carbocycles. The van der Waals surface area contributed by atoms with Crippen molar-refractivity contribution in [1.29, 1.82) is 0 Å². The van der Waals surface area contributed by atoms with E-state index in [-0.39, 0.29) is 12.0 Å². The Morgan fingerprint density at radius 2 is 1.85 bits per heavy atom. The maximum absolute atomic E-state index is 12.0. The Balaban J connectivity index is 1.76. The van der Waals surface area contributed by atoms with Crippen LogP contribution in [0.5, 0.6) is 0 Å². The van der Waals surface area contributed by atoms with Gasteiger partial charge in [0, 0.05) is 9.75 Å². The first kappa shape index (κ1) is 18.3. The SMILES string of the molecule is CC1(C)CCc2sc(-c3ccc(-c4scnc4CO)cc3)c(C(=O)O)c2C1. The largest absolute Gasteiger partial charge is 0.478 e. The topological polar surface area (TPSA) is 70.4 Å². The van der Waals surface area contributed by atoms with E-state index in [9.17, 15) is 15.0 Å².